The SMILES string of the molecule is CCCCNc1nc(N)nc2c3ccccc3n(Cc3cc(CNC4CC5(COC5)C4)ccc3OC)c12. The van der Waals surface area contributed by atoms with E-state index in [2.05, 4.69) is 68.5 Å². The van der Waals surface area contributed by atoms with Crippen LogP contribution in [0.25, 0.3) is 21.9 Å². The first kappa shape index (κ1) is 24.0. The average molecular weight is 501 g/mol. The van der Waals surface area contributed by atoms with Gasteiger partial charge in [0.1, 0.15) is 16.8 Å². The number of fused-ring (bicyclic) bond motifs is 3. The van der Waals surface area contributed by atoms with Crippen LogP contribution in [0, 0.1) is 5.41 Å². The number of benzene rings is 2. The summed E-state index contributed by atoms with van der Waals surface area (Å²) in [6, 6.07) is 15.4. The van der Waals surface area contributed by atoms with Crippen LogP contribution in [0.15, 0.2) is 42.5 Å². The number of hydrogen-bond donors (Lipinski definition) is 3. The standard InChI is InChI=1S/C29H36N6O2/c1-3-4-11-31-27-26-25(33-28(30)34-27)22-7-5-6-8-23(22)35(26)16-20-12-19(9-10-24(20)36-2)15-32-21-13-29(14-21)17-37-18-29/h5-10,12,21,32H,3-4,11,13-18H2,1-2H3,(H3,30,31,33,34). The molecule has 4 N–H and O–H groups in total. The zero-order valence-corrected chi connectivity index (χ0v) is 21.7. The van der Waals surface area contributed by atoms with Gasteiger partial charge in [-0.2, -0.15) is 4.98 Å². The second kappa shape index (κ2) is 9.84. The van der Waals surface area contributed by atoms with E-state index in [4.69, 9.17) is 15.2 Å². The molecule has 1 spiro atoms. The predicted octanol–water partition coefficient (Wildman–Crippen LogP) is 4.70. The molecule has 8 nitrogen and oxygen atoms in total. The Morgan fingerprint density at radius 3 is 2.76 bits per heavy atom. The summed E-state index contributed by atoms with van der Waals surface area (Å²) in [6.07, 6.45) is 4.60. The number of nitrogens with two attached hydrogens (primary N) is 1. The molecule has 37 heavy (non-hydrogen) atoms. The number of nitrogens with zero attached hydrogens (tertiary/aromatic N) is 3. The van der Waals surface area contributed by atoms with Crippen molar-refractivity contribution in [2.45, 2.75) is 51.7 Å². The zero-order chi connectivity index (χ0) is 25.4. The number of methoxy groups -OCH3 is 1. The van der Waals surface area contributed by atoms with Gasteiger partial charge in [0, 0.05) is 35.5 Å². The summed E-state index contributed by atoms with van der Waals surface area (Å²) in [6.45, 7) is 6.36. The summed E-state index contributed by atoms with van der Waals surface area (Å²) < 4.78 is 13.5. The molecule has 194 valence electrons. The van der Waals surface area contributed by atoms with E-state index in [-0.39, 0.29) is 5.95 Å². The first-order valence-electron chi connectivity index (χ1n) is 13.3. The Morgan fingerprint density at radius 2 is 2.00 bits per heavy atom. The Bertz CT molecular complexity index is 1420. The van der Waals surface area contributed by atoms with Crippen LogP contribution in [0.1, 0.15) is 43.7 Å². The lowest BCUT2D eigenvalue weighted by molar-refractivity contribution is -0.167. The maximum Gasteiger partial charge on any atom is 0.222 e. The van der Waals surface area contributed by atoms with Gasteiger partial charge in [0.05, 0.1) is 32.4 Å². The van der Waals surface area contributed by atoms with Gasteiger partial charge < -0.3 is 30.4 Å². The Kier molecular flexibility index (Phi) is 6.38. The van der Waals surface area contributed by atoms with Crippen molar-refractivity contribution < 1.29 is 9.47 Å². The molecule has 6 rings (SSSR count). The highest BCUT2D eigenvalue weighted by Crippen LogP contribution is 2.47. The van der Waals surface area contributed by atoms with Gasteiger partial charge in [0.25, 0.3) is 0 Å². The molecule has 8 heteroatoms. The van der Waals surface area contributed by atoms with Crippen molar-refractivity contribution in [3.63, 3.8) is 0 Å². The minimum absolute atomic E-state index is 0.284. The topological polar surface area (TPSA) is 99.2 Å². The highest BCUT2D eigenvalue weighted by atomic mass is 16.5. The fourth-order valence-corrected chi connectivity index (χ4v) is 5.87. The molecule has 1 aliphatic heterocycles. The van der Waals surface area contributed by atoms with Crippen LogP contribution < -0.4 is 21.1 Å². The van der Waals surface area contributed by atoms with Crippen LogP contribution in [-0.2, 0) is 17.8 Å². The summed E-state index contributed by atoms with van der Waals surface area (Å²) in [5.41, 5.74) is 11.9. The number of unbranched alkanes of at least 4 members (excludes halogenated alkanes) is 1. The Hall–Kier alpha value is -3.36. The summed E-state index contributed by atoms with van der Waals surface area (Å²) in [7, 11) is 1.73. The fraction of sp³-hybridized carbons (Fsp3) is 0.448. The van der Waals surface area contributed by atoms with E-state index >= 15 is 0 Å². The summed E-state index contributed by atoms with van der Waals surface area (Å²) in [4.78, 5) is 9.26. The molecular weight excluding hydrogens is 464 g/mol. The van der Waals surface area contributed by atoms with Gasteiger partial charge in [0.15, 0.2) is 5.82 Å². The lowest BCUT2D eigenvalue weighted by Gasteiger charge is -2.53. The first-order chi connectivity index (χ1) is 18.1. The Morgan fingerprint density at radius 1 is 1.16 bits per heavy atom. The molecule has 0 unspecified atom stereocenters. The molecule has 2 aliphatic rings. The van der Waals surface area contributed by atoms with E-state index in [9.17, 15) is 0 Å². The number of ether oxygens (including phenoxy) is 2. The number of rotatable bonds is 10. The number of para-hydroxylation sites is 1. The molecule has 0 radical (unpaired) electrons. The van der Waals surface area contributed by atoms with E-state index in [1.807, 2.05) is 6.07 Å². The van der Waals surface area contributed by atoms with Gasteiger partial charge in [-0.3, -0.25) is 0 Å². The maximum atomic E-state index is 6.15. The van der Waals surface area contributed by atoms with E-state index < -0.39 is 0 Å². The highest BCUT2D eigenvalue weighted by molar-refractivity contribution is 6.09. The lowest BCUT2D eigenvalue weighted by Crippen LogP contribution is -2.58. The average Bonchev–Trinajstić information content (AvgIpc) is 3.16. The lowest BCUT2D eigenvalue weighted by atomic mass is 9.64. The number of nitrogen functional groups attached to an aromatic ring is 1. The Labute approximate surface area is 217 Å². The zero-order valence-electron chi connectivity index (χ0n) is 21.7. The van der Waals surface area contributed by atoms with Crippen LogP contribution in [-0.4, -0.2) is 47.4 Å². The molecule has 1 saturated heterocycles. The van der Waals surface area contributed by atoms with Crippen molar-refractivity contribution in [1.82, 2.24) is 19.9 Å². The summed E-state index contributed by atoms with van der Waals surface area (Å²) in [5.74, 6) is 1.94. The predicted molar refractivity (Wildman–Crippen MR) is 148 cm³/mol. The molecular formula is C29H36N6O2. The molecule has 0 bridgehead atoms. The molecule has 1 aliphatic carbocycles. The van der Waals surface area contributed by atoms with E-state index in [0.29, 0.717) is 18.0 Å². The smallest absolute Gasteiger partial charge is 0.222 e. The molecule has 0 amide bonds. The molecule has 2 aromatic heterocycles. The van der Waals surface area contributed by atoms with Crippen molar-refractivity contribution in [3.05, 3.63) is 53.6 Å². The van der Waals surface area contributed by atoms with E-state index in [0.717, 1.165) is 78.2 Å². The number of anilines is 2. The quantitative estimate of drug-likeness (QED) is 0.271. The number of hydrogen-bond acceptors (Lipinski definition) is 7. The van der Waals surface area contributed by atoms with Gasteiger partial charge >= 0.3 is 0 Å². The largest absolute Gasteiger partial charge is 0.496 e. The third-order valence-electron chi connectivity index (χ3n) is 7.89. The van der Waals surface area contributed by atoms with E-state index in [1.54, 1.807) is 7.11 Å². The third-order valence-corrected chi connectivity index (χ3v) is 7.89. The van der Waals surface area contributed by atoms with Crippen LogP contribution in [0.3, 0.4) is 0 Å². The van der Waals surface area contributed by atoms with E-state index in [1.165, 1.54) is 18.4 Å². The third kappa shape index (κ3) is 4.49. The molecule has 3 heterocycles. The van der Waals surface area contributed by atoms with Crippen LogP contribution >= 0.6 is 0 Å². The van der Waals surface area contributed by atoms with Crippen LogP contribution in [0.2, 0.25) is 0 Å². The van der Waals surface area contributed by atoms with Crippen molar-refractivity contribution >= 4 is 33.7 Å². The summed E-state index contributed by atoms with van der Waals surface area (Å²) in [5, 5.41) is 8.32. The Balaban J connectivity index is 1.33. The van der Waals surface area contributed by atoms with Gasteiger partial charge in [-0.15, -0.1) is 0 Å². The fourth-order valence-electron chi connectivity index (χ4n) is 5.87. The van der Waals surface area contributed by atoms with Gasteiger partial charge in [-0.1, -0.05) is 37.6 Å². The molecule has 2 fully saturated rings. The minimum atomic E-state index is 0.284. The first-order valence-corrected chi connectivity index (χ1v) is 13.3. The van der Waals surface area contributed by atoms with Crippen LogP contribution in [0.4, 0.5) is 11.8 Å². The van der Waals surface area contributed by atoms with Crippen molar-refractivity contribution in [3.8, 4) is 5.75 Å². The van der Waals surface area contributed by atoms with Gasteiger partial charge in [0.2, 0.25) is 5.95 Å². The van der Waals surface area contributed by atoms with Crippen LogP contribution in [0.5, 0.6) is 5.75 Å². The second-order valence-electron chi connectivity index (χ2n) is 10.6. The molecule has 4 aromatic rings. The monoisotopic (exact) mass is 500 g/mol. The number of nitrogens with one attached hydrogen (secondary N) is 2. The molecule has 0 atom stereocenters. The summed E-state index contributed by atoms with van der Waals surface area (Å²) >= 11 is 0. The molecule has 2 aromatic carbocycles. The van der Waals surface area contributed by atoms with Crippen molar-refractivity contribution in [2.75, 3.05) is 37.9 Å². The van der Waals surface area contributed by atoms with Gasteiger partial charge in [-0.25, -0.2) is 4.98 Å². The normalized spacial score (nSPS) is 16.7. The molecule has 1 saturated carbocycles. The highest BCUT2D eigenvalue weighted by Gasteiger charge is 2.49. The van der Waals surface area contributed by atoms with Crippen molar-refractivity contribution in [2.24, 2.45) is 5.41 Å². The minimum Gasteiger partial charge on any atom is -0.496 e. The van der Waals surface area contributed by atoms with Crippen molar-refractivity contribution in [1.29, 1.82) is 0 Å². The van der Waals surface area contributed by atoms with Gasteiger partial charge in [-0.05, 0) is 43.0 Å². The second-order valence-corrected chi connectivity index (χ2v) is 10.6. The number of aromatic nitrogens is 3. The maximum absolute atomic E-state index is 6.15.